The molecule has 1 aliphatic rings. The molecule has 1 aromatic carbocycles. The van der Waals surface area contributed by atoms with Crippen LogP contribution in [0.15, 0.2) is 29.0 Å². The molecule has 1 heterocycles. The number of nitrogens with two attached hydrogens (primary N) is 1. The van der Waals surface area contributed by atoms with Crippen LogP contribution in [0.4, 0.5) is 5.69 Å². The summed E-state index contributed by atoms with van der Waals surface area (Å²) in [6, 6.07) is 5.99. The van der Waals surface area contributed by atoms with Crippen molar-refractivity contribution >= 4 is 17.3 Å². The zero-order chi connectivity index (χ0) is 11.1. The van der Waals surface area contributed by atoms with Gasteiger partial charge in [-0.15, -0.1) is 0 Å². The van der Waals surface area contributed by atoms with E-state index in [9.17, 15) is 0 Å². The first kappa shape index (κ1) is 9.73. The Morgan fingerprint density at radius 1 is 1.44 bits per heavy atom. The highest BCUT2D eigenvalue weighted by Crippen LogP contribution is 2.40. The molecular weight excluding hydrogens is 224 g/mol. The van der Waals surface area contributed by atoms with Gasteiger partial charge in [-0.05, 0) is 36.1 Å². The van der Waals surface area contributed by atoms with E-state index < -0.39 is 0 Å². The normalized spacial score (nSPS) is 18.7. The SMILES string of the molecule is Nc1conc1C1CCc2cc(Cl)ccc21. The predicted molar refractivity (Wildman–Crippen MR) is 62.5 cm³/mol. The molecule has 1 atom stereocenters. The van der Waals surface area contributed by atoms with Gasteiger partial charge in [0.1, 0.15) is 12.0 Å². The molecule has 0 fully saturated rings. The van der Waals surface area contributed by atoms with Crippen LogP contribution in [0.3, 0.4) is 0 Å². The maximum atomic E-state index is 5.97. The van der Waals surface area contributed by atoms with E-state index in [0.717, 1.165) is 23.6 Å². The largest absolute Gasteiger partial charge is 0.395 e. The average molecular weight is 235 g/mol. The summed E-state index contributed by atoms with van der Waals surface area (Å²) in [5.74, 6) is 0.256. The summed E-state index contributed by atoms with van der Waals surface area (Å²) in [5, 5.41) is 4.77. The van der Waals surface area contributed by atoms with Gasteiger partial charge in [-0.3, -0.25) is 0 Å². The van der Waals surface area contributed by atoms with Gasteiger partial charge in [0, 0.05) is 10.9 Å². The van der Waals surface area contributed by atoms with E-state index in [1.807, 2.05) is 12.1 Å². The lowest BCUT2D eigenvalue weighted by Crippen LogP contribution is -2.00. The van der Waals surface area contributed by atoms with Crippen molar-refractivity contribution in [3.8, 4) is 0 Å². The van der Waals surface area contributed by atoms with Crippen LogP contribution >= 0.6 is 11.6 Å². The van der Waals surface area contributed by atoms with Crippen LogP contribution in [0.25, 0.3) is 0 Å². The molecule has 0 saturated carbocycles. The fourth-order valence-corrected chi connectivity index (χ4v) is 2.58. The second-order valence-electron chi connectivity index (χ2n) is 4.09. The van der Waals surface area contributed by atoms with E-state index in [0.29, 0.717) is 5.69 Å². The third kappa shape index (κ3) is 1.39. The van der Waals surface area contributed by atoms with Crippen LogP contribution in [-0.2, 0) is 6.42 Å². The Kier molecular flexibility index (Phi) is 2.14. The van der Waals surface area contributed by atoms with E-state index in [-0.39, 0.29) is 5.92 Å². The van der Waals surface area contributed by atoms with Crippen LogP contribution in [0.5, 0.6) is 0 Å². The highest BCUT2D eigenvalue weighted by Gasteiger charge is 2.27. The maximum absolute atomic E-state index is 5.97. The van der Waals surface area contributed by atoms with Crippen LogP contribution in [0.1, 0.15) is 29.2 Å². The molecule has 3 rings (SSSR count). The van der Waals surface area contributed by atoms with Gasteiger partial charge in [0.25, 0.3) is 0 Å². The molecule has 3 nitrogen and oxygen atoms in total. The molecular formula is C12H11ClN2O. The zero-order valence-electron chi connectivity index (χ0n) is 8.61. The number of aromatic nitrogens is 1. The number of fused-ring (bicyclic) bond motifs is 1. The molecule has 0 spiro atoms. The number of hydrogen-bond donors (Lipinski definition) is 1. The fourth-order valence-electron chi connectivity index (χ4n) is 2.39. The minimum atomic E-state index is 0.256. The first-order valence-corrected chi connectivity index (χ1v) is 5.61. The highest BCUT2D eigenvalue weighted by molar-refractivity contribution is 6.30. The van der Waals surface area contributed by atoms with Gasteiger partial charge < -0.3 is 10.3 Å². The Balaban J connectivity index is 2.07. The molecule has 1 aromatic heterocycles. The number of hydrogen-bond acceptors (Lipinski definition) is 3. The Labute approximate surface area is 98.2 Å². The molecule has 4 heteroatoms. The van der Waals surface area contributed by atoms with Gasteiger partial charge in [0.2, 0.25) is 0 Å². The molecule has 82 valence electrons. The molecule has 16 heavy (non-hydrogen) atoms. The quantitative estimate of drug-likeness (QED) is 0.825. The second kappa shape index (κ2) is 3.52. The third-order valence-corrected chi connectivity index (χ3v) is 3.37. The molecule has 1 aliphatic carbocycles. The lowest BCUT2D eigenvalue weighted by molar-refractivity contribution is 0.408. The van der Waals surface area contributed by atoms with Gasteiger partial charge in [0.15, 0.2) is 0 Å². The summed E-state index contributed by atoms with van der Waals surface area (Å²) in [7, 11) is 0. The number of aryl methyl sites for hydroxylation is 1. The number of halogens is 1. The molecule has 2 N–H and O–H groups in total. The van der Waals surface area contributed by atoms with E-state index >= 15 is 0 Å². The molecule has 2 aromatic rings. The zero-order valence-corrected chi connectivity index (χ0v) is 9.37. The van der Waals surface area contributed by atoms with E-state index in [2.05, 4.69) is 11.2 Å². The first-order chi connectivity index (χ1) is 7.75. The Bertz CT molecular complexity index is 536. The molecule has 0 amide bonds. The summed E-state index contributed by atoms with van der Waals surface area (Å²) in [4.78, 5) is 0. The highest BCUT2D eigenvalue weighted by atomic mass is 35.5. The number of anilines is 1. The summed E-state index contributed by atoms with van der Waals surface area (Å²) < 4.78 is 4.90. The van der Waals surface area contributed by atoms with Crippen molar-refractivity contribution in [3.63, 3.8) is 0 Å². The molecule has 0 radical (unpaired) electrons. The lowest BCUT2D eigenvalue weighted by atomic mass is 9.97. The number of nitrogen functional groups attached to an aromatic ring is 1. The van der Waals surface area contributed by atoms with Crippen LogP contribution in [0.2, 0.25) is 5.02 Å². The van der Waals surface area contributed by atoms with Crippen molar-refractivity contribution in [2.75, 3.05) is 5.73 Å². The van der Waals surface area contributed by atoms with Crippen molar-refractivity contribution in [1.29, 1.82) is 0 Å². The van der Waals surface area contributed by atoms with E-state index in [1.165, 1.54) is 17.4 Å². The first-order valence-electron chi connectivity index (χ1n) is 5.24. The summed E-state index contributed by atoms with van der Waals surface area (Å²) in [6.45, 7) is 0. The van der Waals surface area contributed by atoms with Crippen molar-refractivity contribution in [3.05, 3.63) is 46.3 Å². The monoisotopic (exact) mass is 234 g/mol. The lowest BCUT2D eigenvalue weighted by Gasteiger charge is -2.08. The minimum Gasteiger partial charge on any atom is -0.395 e. The Hall–Kier alpha value is -1.48. The molecule has 0 bridgehead atoms. The van der Waals surface area contributed by atoms with Gasteiger partial charge in [-0.25, -0.2) is 0 Å². The topological polar surface area (TPSA) is 52.0 Å². The van der Waals surface area contributed by atoms with E-state index in [1.54, 1.807) is 0 Å². The number of nitrogens with zero attached hydrogens (tertiary/aromatic N) is 1. The van der Waals surface area contributed by atoms with Crippen LogP contribution < -0.4 is 5.73 Å². The summed E-state index contributed by atoms with van der Waals surface area (Å²) >= 11 is 5.97. The maximum Gasteiger partial charge on any atom is 0.147 e. The van der Waals surface area contributed by atoms with Crippen molar-refractivity contribution in [2.24, 2.45) is 0 Å². The standard InChI is InChI=1S/C12H11ClN2O/c13-8-2-4-9-7(5-8)1-3-10(9)12-11(14)6-16-15-12/h2,4-6,10H,1,3,14H2. The van der Waals surface area contributed by atoms with Crippen molar-refractivity contribution in [1.82, 2.24) is 5.16 Å². The average Bonchev–Trinajstić information content (AvgIpc) is 2.83. The van der Waals surface area contributed by atoms with Crippen molar-refractivity contribution < 1.29 is 4.52 Å². The Morgan fingerprint density at radius 2 is 2.31 bits per heavy atom. The van der Waals surface area contributed by atoms with Gasteiger partial charge in [-0.2, -0.15) is 0 Å². The summed E-state index contributed by atoms with van der Waals surface area (Å²) in [5.41, 5.74) is 9.87. The molecule has 1 unspecified atom stereocenters. The van der Waals surface area contributed by atoms with Crippen LogP contribution in [-0.4, -0.2) is 5.16 Å². The van der Waals surface area contributed by atoms with Gasteiger partial charge >= 0.3 is 0 Å². The van der Waals surface area contributed by atoms with Gasteiger partial charge in [0.05, 0.1) is 5.69 Å². The smallest absolute Gasteiger partial charge is 0.147 e. The van der Waals surface area contributed by atoms with E-state index in [4.69, 9.17) is 21.9 Å². The predicted octanol–water partition coefficient (Wildman–Crippen LogP) is 2.99. The van der Waals surface area contributed by atoms with Gasteiger partial charge in [-0.1, -0.05) is 22.8 Å². The molecule has 0 saturated heterocycles. The molecule has 0 aliphatic heterocycles. The second-order valence-corrected chi connectivity index (χ2v) is 4.53. The fraction of sp³-hybridized carbons (Fsp3) is 0.250. The summed E-state index contributed by atoms with van der Waals surface area (Å²) in [6.07, 6.45) is 3.53. The number of benzene rings is 1. The van der Waals surface area contributed by atoms with Crippen molar-refractivity contribution in [2.45, 2.75) is 18.8 Å². The third-order valence-electron chi connectivity index (χ3n) is 3.14. The van der Waals surface area contributed by atoms with Crippen LogP contribution in [0, 0.1) is 0 Å². The number of rotatable bonds is 1. The Morgan fingerprint density at radius 3 is 3.06 bits per heavy atom. The minimum absolute atomic E-state index is 0.256.